The fourth-order valence-electron chi connectivity index (χ4n) is 1.62. The van der Waals surface area contributed by atoms with E-state index in [1.165, 1.54) is 25.7 Å². The van der Waals surface area contributed by atoms with Crippen molar-refractivity contribution in [2.24, 2.45) is 5.92 Å². The van der Waals surface area contributed by atoms with Gasteiger partial charge in [0.1, 0.15) is 0 Å². The highest BCUT2D eigenvalue weighted by atomic mass is 16.2. The predicted molar refractivity (Wildman–Crippen MR) is 48.1 cm³/mol. The molecule has 0 aliphatic heterocycles. The SMILES string of the molecule is CCCC(CCC)CCC[O]. The summed E-state index contributed by atoms with van der Waals surface area (Å²) in [7, 11) is 0. The molecule has 11 heavy (non-hydrogen) atoms. The van der Waals surface area contributed by atoms with Gasteiger partial charge in [0.25, 0.3) is 0 Å². The Morgan fingerprint density at radius 3 is 1.91 bits per heavy atom. The Bertz CT molecular complexity index is 65.3. The summed E-state index contributed by atoms with van der Waals surface area (Å²) in [4.78, 5) is 0. The lowest BCUT2D eigenvalue weighted by molar-refractivity contribution is 0.178. The first kappa shape index (κ1) is 11.0. The van der Waals surface area contributed by atoms with Crippen LogP contribution in [0.5, 0.6) is 0 Å². The van der Waals surface area contributed by atoms with Crippen molar-refractivity contribution in [2.45, 2.75) is 52.4 Å². The minimum atomic E-state index is 0.115. The standard InChI is InChI=1S/C10H21O/c1-3-6-10(7-4-2)8-5-9-11/h10H,3-9H2,1-2H3. The van der Waals surface area contributed by atoms with Crippen LogP contribution < -0.4 is 0 Å². The number of hydrogen-bond donors (Lipinski definition) is 0. The van der Waals surface area contributed by atoms with Crippen molar-refractivity contribution in [1.82, 2.24) is 0 Å². The van der Waals surface area contributed by atoms with Crippen LogP contribution in [0.4, 0.5) is 0 Å². The molecule has 0 unspecified atom stereocenters. The summed E-state index contributed by atoms with van der Waals surface area (Å²) in [5, 5.41) is 10.2. The van der Waals surface area contributed by atoms with Gasteiger partial charge in [-0.25, -0.2) is 5.11 Å². The summed E-state index contributed by atoms with van der Waals surface area (Å²) in [6.07, 6.45) is 7.20. The molecule has 0 spiro atoms. The molecule has 0 rings (SSSR count). The van der Waals surface area contributed by atoms with E-state index in [2.05, 4.69) is 13.8 Å². The Labute approximate surface area is 70.8 Å². The Kier molecular flexibility index (Phi) is 8.03. The van der Waals surface area contributed by atoms with Gasteiger partial charge in [-0.1, -0.05) is 39.5 Å². The molecule has 0 aromatic rings. The van der Waals surface area contributed by atoms with Crippen LogP contribution in [0, 0.1) is 5.92 Å². The molecule has 67 valence electrons. The van der Waals surface area contributed by atoms with Gasteiger partial charge in [-0.2, -0.15) is 0 Å². The Balaban J connectivity index is 3.34. The van der Waals surface area contributed by atoms with Crippen molar-refractivity contribution in [3.63, 3.8) is 0 Å². The van der Waals surface area contributed by atoms with Crippen molar-refractivity contribution in [2.75, 3.05) is 6.61 Å². The van der Waals surface area contributed by atoms with Gasteiger partial charge in [0.2, 0.25) is 0 Å². The summed E-state index contributed by atoms with van der Waals surface area (Å²) in [6.45, 7) is 4.56. The molecule has 0 aliphatic rings. The van der Waals surface area contributed by atoms with Crippen molar-refractivity contribution >= 4 is 0 Å². The van der Waals surface area contributed by atoms with E-state index in [1.54, 1.807) is 0 Å². The van der Waals surface area contributed by atoms with Gasteiger partial charge >= 0.3 is 0 Å². The van der Waals surface area contributed by atoms with Gasteiger partial charge in [-0.15, -0.1) is 0 Å². The molecule has 1 heteroatoms. The van der Waals surface area contributed by atoms with Crippen LogP contribution in [0.25, 0.3) is 0 Å². The third-order valence-corrected chi connectivity index (χ3v) is 2.15. The molecule has 0 aromatic carbocycles. The van der Waals surface area contributed by atoms with Crippen LogP contribution in [0.2, 0.25) is 0 Å². The molecule has 0 saturated carbocycles. The van der Waals surface area contributed by atoms with Crippen molar-refractivity contribution < 1.29 is 5.11 Å². The van der Waals surface area contributed by atoms with E-state index in [-0.39, 0.29) is 6.61 Å². The Morgan fingerprint density at radius 2 is 1.55 bits per heavy atom. The molecule has 0 heterocycles. The highest BCUT2D eigenvalue weighted by Gasteiger charge is 2.05. The fraction of sp³-hybridized carbons (Fsp3) is 1.00. The molecule has 0 amide bonds. The summed E-state index contributed by atoms with van der Waals surface area (Å²) in [5.74, 6) is 0.832. The first-order valence-electron chi connectivity index (χ1n) is 4.93. The quantitative estimate of drug-likeness (QED) is 0.539. The van der Waals surface area contributed by atoms with E-state index in [4.69, 9.17) is 0 Å². The van der Waals surface area contributed by atoms with Crippen molar-refractivity contribution in [1.29, 1.82) is 0 Å². The minimum absolute atomic E-state index is 0.115. The van der Waals surface area contributed by atoms with E-state index >= 15 is 0 Å². The molecule has 0 aliphatic carbocycles. The van der Waals surface area contributed by atoms with Gasteiger partial charge in [0.05, 0.1) is 6.61 Å². The maximum Gasteiger partial charge on any atom is 0.0822 e. The Morgan fingerprint density at radius 1 is 1.00 bits per heavy atom. The second kappa shape index (κ2) is 8.06. The third kappa shape index (κ3) is 6.36. The molecule has 0 saturated heterocycles. The molecule has 0 fully saturated rings. The maximum absolute atomic E-state index is 10.2. The van der Waals surface area contributed by atoms with E-state index < -0.39 is 0 Å². The smallest absolute Gasteiger partial charge is 0.0822 e. The average molecular weight is 157 g/mol. The zero-order valence-electron chi connectivity index (χ0n) is 7.94. The zero-order valence-corrected chi connectivity index (χ0v) is 7.94. The van der Waals surface area contributed by atoms with Crippen LogP contribution in [0.15, 0.2) is 0 Å². The maximum atomic E-state index is 10.2. The summed E-state index contributed by atoms with van der Waals surface area (Å²) in [6, 6.07) is 0. The highest BCUT2D eigenvalue weighted by molar-refractivity contribution is 4.57. The molecule has 0 N–H and O–H groups in total. The van der Waals surface area contributed by atoms with Crippen molar-refractivity contribution in [3.05, 3.63) is 0 Å². The Hall–Kier alpha value is -0.0400. The van der Waals surface area contributed by atoms with Gasteiger partial charge < -0.3 is 0 Å². The van der Waals surface area contributed by atoms with Gasteiger partial charge in [-0.05, 0) is 18.8 Å². The van der Waals surface area contributed by atoms with Crippen LogP contribution in [0.3, 0.4) is 0 Å². The lowest BCUT2D eigenvalue weighted by Gasteiger charge is -2.13. The van der Waals surface area contributed by atoms with Gasteiger partial charge in [0, 0.05) is 0 Å². The van der Waals surface area contributed by atoms with E-state index in [0.29, 0.717) is 0 Å². The first-order chi connectivity index (χ1) is 5.35. The normalized spacial score (nSPS) is 10.9. The van der Waals surface area contributed by atoms with Gasteiger partial charge in [-0.3, -0.25) is 0 Å². The van der Waals surface area contributed by atoms with E-state index in [1.807, 2.05) is 0 Å². The molecule has 0 bridgehead atoms. The second-order valence-corrected chi connectivity index (χ2v) is 3.29. The molecule has 1 nitrogen and oxygen atoms in total. The fourth-order valence-corrected chi connectivity index (χ4v) is 1.62. The monoisotopic (exact) mass is 157 g/mol. The number of rotatable bonds is 7. The largest absolute Gasteiger partial charge is 0.237 e. The summed E-state index contributed by atoms with van der Waals surface area (Å²) < 4.78 is 0. The van der Waals surface area contributed by atoms with Crippen LogP contribution in [0.1, 0.15) is 52.4 Å². The van der Waals surface area contributed by atoms with Crippen LogP contribution >= 0.6 is 0 Å². The molecular weight excluding hydrogens is 136 g/mol. The van der Waals surface area contributed by atoms with E-state index in [0.717, 1.165) is 18.8 Å². The molecular formula is C10H21O. The van der Waals surface area contributed by atoms with Gasteiger partial charge in [0.15, 0.2) is 0 Å². The number of hydrogen-bond acceptors (Lipinski definition) is 0. The van der Waals surface area contributed by atoms with E-state index in [9.17, 15) is 5.11 Å². The van der Waals surface area contributed by atoms with Crippen molar-refractivity contribution in [3.8, 4) is 0 Å². The molecule has 1 radical (unpaired) electrons. The topological polar surface area (TPSA) is 19.9 Å². The first-order valence-corrected chi connectivity index (χ1v) is 4.93. The van der Waals surface area contributed by atoms with Crippen LogP contribution in [-0.4, -0.2) is 6.61 Å². The lowest BCUT2D eigenvalue weighted by atomic mass is 9.94. The third-order valence-electron chi connectivity index (χ3n) is 2.15. The predicted octanol–water partition coefficient (Wildman–Crippen LogP) is 3.41. The zero-order chi connectivity index (χ0) is 8.53. The molecule has 0 atom stereocenters. The molecule has 0 aromatic heterocycles. The minimum Gasteiger partial charge on any atom is -0.237 e. The summed E-state index contributed by atoms with van der Waals surface area (Å²) in [5.41, 5.74) is 0. The second-order valence-electron chi connectivity index (χ2n) is 3.29. The summed E-state index contributed by atoms with van der Waals surface area (Å²) >= 11 is 0. The average Bonchev–Trinajstić information content (AvgIpc) is 2.01. The highest BCUT2D eigenvalue weighted by Crippen LogP contribution is 2.18. The van der Waals surface area contributed by atoms with Crippen LogP contribution in [-0.2, 0) is 5.11 Å². The lowest BCUT2D eigenvalue weighted by Crippen LogP contribution is -2.00.